The number of fused-ring (bicyclic) bond motifs is 1. The maximum atomic E-state index is 13.7. The van der Waals surface area contributed by atoms with Crippen LogP contribution in [0.5, 0.6) is 0 Å². The molecule has 1 aliphatic carbocycles. The van der Waals surface area contributed by atoms with Crippen LogP contribution in [-0.4, -0.2) is 21.6 Å². The summed E-state index contributed by atoms with van der Waals surface area (Å²) >= 11 is 0. The van der Waals surface area contributed by atoms with Crippen LogP contribution < -0.4 is 4.90 Å². The van der Waals surface area contributed by atoms with Crippen molar-refractivity contribution in [1.29, 1.82) is 0 Å². The molecule has 0 N–H and O–H groups in total. The Labute approximate surface area is 139 Å². The standard InChI is InChI=1S/C18H18FN3O2/c19-15-8-4-1-5-12(15)11-21-10-9-16(20-21)22-17(23)13-6-2-3-7-14(13)18(22)24/h1,4-5,8-10,13-14H,2-3,6-7,11H2/t13-,14+. The predicted molar refractivity (Wildman–Crippen MR) is 85.7 cm³/mol. The van der Waals surface area contributed by atoms with Crippen LogP contribution in [0.4, 0.5) is 10.2 Å². The summed E-state index contributed by atoms with van der Waals surface area (Å²) in [5, 5.41) is 4.32. The number of halogens is 1. The van der Waals surface area contributed by atoms with Gasteiger partial charge in [-0.3, -0.25) is 14.3 Å². The van der Waals surface area contributed by atoms with Gasteiger partial charge in [0.1, 0.15) is 5.82 Å². The Kier molecular flexibility index (Phi) is 3.67. The zero-order chi connectivity index (χ0) is 16.7. The van der Waals surface area contributed by atoms with Crippen molar-refractivity contribution in [2.45, 2.75) is 32.2 Å². The number of carbonyl (C=O) groups excluding carboxylic acids is 2. The lowest BCUT2D eigenvalue weighted by Crippen LogP contribution is -2.31. The molecule has 4 rings (SSSR count). The number of benzene rings is 1. The number of hydrogen-bond donors (Lipinski definition) is 0. The minimum atomic E-state index is -0.297. The van der Waals surface area contributed by atoms with E-state index in [4.69, 9.17) is 0 Å². The van der Waals surface area contributed by atoms with E-state index in [2.05, 4.69) is 5.10 Å². The lowest BCUT2D eigenvalue weighted by molar-refractivity contribution is -0.122. The van der Waals surface area contributed by atoms with Crippen LogP contribution in [0.2, 0.25) is 0 Å². The third-order valence-electron chi connectivity index (χ3n) is 4.99. The first-order valence-corrected chi connectivity index (χ1v) is 8.30. The Morgan fingerprint density at radius 3 is 2.38 bits per heavy atom. The summed E-state index contributed by atoms with van der Waals surface area (Å²) in [5.74, 6) is -0.614. The molecule has 2 fully saturated rings. The van der Waals surface area contributed by atoms with Crippen LogP contribution in [0.25, 0.3) is 0 Å². The van der Waals surface area contributed by atoms with Crippen molar-refractivity contribution in [3.05, 3.63) is 47.9 Å². The van der Waals surface area contributed by atoms with Crippen molar-refractivity contribution in [3.8, 4) is 0 Å². The summed E-state index contributed by atoms with van der Waals surface area (Å²) in [6, 6.07) is 8.14. The molecule has 0 radical (unpaired) electrons. The third kappa shape index (κ3) is 2.42. The van der Waals surface area contributed by atoms with Gasteiger partial charge in [-0.25, -0.2) is 9.29 Å². The SMILES string of the molecule is O=C1[C@H]2CCCC[C@H]2C(=O)N1c1ccn(Cc2ccccc2F)n1. The molecule has 2 amide bonds. The molecule has 2 aromatic rings. The number of rotatable bonds is 3. The van der Waals surface area contributed by atoms with Gasteiger partial charge in [-0.15, -0.1) is 0 Å². The molecule has 2 heterocycles. The maximum absolute atomic E-state index is 13.7. The minimum absolute atomic E-state index is 0.138. The van der Waals surface area contributed by atoms with Crippen LogP contribution >= 0.6 is 0 Å². The molecular weight excluding hydrogens is 309 g/mol. The Morgan fingerprint density at radius 1 is 1.04 bits per heavy atom. The smallest absolute Gasteiger partial charge is 0.238 e. The summed E-state index contributed by atoms with van der Waals surface area (Å²) in [6.07, 6.45) is 5.22. The average molecular weight is 327 g/mol. The van der Waals surface area contributed by atoms with E-state index in [1.165, 1.54) is 11.0 Å². The van der Waals surface area contributed by atoms with E-state index >= 15 is 0 Å². The Morgan fingerprint density at radius 2 is 1.71 bits per heavy atom. The van der Waals surface area contributed by atoms with Gasteiger partial charge in [0.05, 0.1) is 18.4 Å². The minimum Gasteiger partial charge on any atom is -0.274 e. The highest BCUT2D eigenvalue weighted by Gasteiger charge is 2.49. The van der Waals surface area contributed by atoms with Crippen molar-refractivity contribution in [2.24, 2.45) is 11.8 Å². The summed E-state index contributed by atoms with van der Waals surface area (Å²) in [5.41, 5.74) is 0.514. The molecule has 6 heteroatoms. The van der Waals surface area contributed by atoms with E-state index in [9.17, 15) is 14.0 Å². The summed E-state index contributed by atoms with van der Waals surface area (Å²) in [4.78, 5) is 26.4. The predicted octanol–water partition coefficient (Wildman–Crippen LogP) is 2.75. The van der Waals surface area contributed by atoms with E-state index in [0.717, 1.165) is 25.7 Å². The lowest BCUT2D eigenvalue weighted by Gasteiger charge is -2.19. The topological polar surface area (TPSA) is 55.2 Å². The molecule has 1 aromatic carbocycles. The summed E-state index contributed by atoms with van der Waals surface area (Å²) in [6.45, 7) is 0.260. The van der Waals surface area contributed by atoms with Crippen LogP contribution in [0, 0.1) is 17.7 Å². The van der Waals surface area contributed by atoms with Crippen molar-refractivity contribution < 1.29 is 14.0 Å². The van der Waals surface area contributed by atoms with Gasteiger partial charge in [0.25, 0.3) is 0 Å². The number of anilines is 1. The van der Waals surface area contributed by atoms with Crippen LogP contribution in [0.3, 0.4) is 0 Å². The first kappa shape index (κ1) is 15.1. The quantitative estimate of drug-likeness (QED) is 0.815. The molecule has 124 valence electrons. The highest BCUT2D eigenvalue weighted by atomic mass is 19.1. The van der Waals surface area contributed by atoms with Crippen LogP contribution in [-0.2, 0) is 16.1 Å². The fourth-order valence-electron chi connectivity index (χ4n) is 3.75. The van der Waals surface area contributed by atoms with E-state index in [1.807, 2.05) is 0 Å². The zero-order valence-electron chi connectivity index (χ0n) is 13.2. The highest BCUT2D eigenvalue weighted by Crippen LogP contribution is 2.39. The van der Waals surface area contributed by atoms with Crippen LogP contribution in [0.15, 0.2) is 36.5 Å². The van der Waals surface area contributed by atoms with Crippen LogP contribution in [0.1, 0.15) is 31.2 Å². The Bertz CT molecular complexity index is 777. The van der Waals surface area contributed by atoms with E-state index in [-0.39, 0.29) is 36.0 Å². The summed E-state index contributed by atoms with van der Waals surface area (Å²) in [7, 11) is 0. The van der Waals surface area contributed by atoms with Gasteiger partial charge in [0.15, 0.2) is 5.82 Å². The number of imide groups is 1. The van der Waals surface area contributed by atoms with Crippen molar-refractivity contribution in [3.63, 3.8) is 0 Å². The molecule has 2 aliphatic rings. The van der Waals surface area contributed by atoms with Gasteiger partial charge in [0, 0.05) is 17.8 Å². The largest absolute Gasteiger partial charge is 0.274 e. The second-order valence-corrected chi connectivity index (χ2v) is 6.47. The van der Waals surface area contributed by atoms with E-state index < -0.39 is 0 Å². The Balaban J connectivity index is 1.57. The molecule has 1 saturated carbocycles. The maximum Gasteiger partial charge on any atom is 0.238 e. The van der Waals surface area contributed by atoms with E-state index in [0.29, 0.717) is 11.4 Å². The Hall–Kier alpha value is -2.50. The van der Waals surface area contributed by atoms with Crippen molar-refractivity contribution in [2.75, 3.05) is 4.90 Å². The number of carbonyl (C=O) groups is 2. The molecule has 2 atom stereocenters. The normalized spacial score (nSPS) is 23.6. The third-order valence-corrected chi connectivity index (χ3v) is 4.99. The van der Waals surface area contributed by atoms with Gasteiger partial charge >= 0.3 is 0 Å². The first-order valence-electron chi connectivity index (χ1n) is 8.30. The van der Waals surface area contributed by atoms with Crippen molar-refractivity contribution >= 4 is 17.6 Å². The highest BCUT2D eigenvalue weighted by molar-refractivity contribution is 6.21. The molecule has 0 unspecified atom stereocenters. The number of nitrogens with zero attached hydrogens (tertiary/aromatic N) is 3. The molecule has 1 aromatic heterocycles. The average Bonchev–Trinajstić information content (AvgIpc) is 3.14. The van der Waals surface area contributed by atoms with Gasteiger partial charge in [-0.1, -0.05) is 31.0 Å². The number of amides is 2. The lowest BCUT2D eigenvalue weighted by atomic mass is 9.81. The van der Waals surface area contributed by atoms with Crippen molar-refractivity contribution in [1.82, 2.24) is 9.78 Å². The summed E-state index contributed by atoms with van der Waals surface area (Å²) < 4.78 is 15.3. The molecule has 0 spiro atoms. The second-order valence-electron chi connectivity index (χ2n) is 6.47. The molecular formula is C18H18FN3O2. The molecule has 5 nitrogen and oxygen atoms in total. The fraction of sp³-hybridized carbons (Fsp3) is 0.389. The van der Waals surface area contributed by atoms with Gasteiger partial charge in [-0.05, 0) is 18.9 Å². The molecule has 24 heavy (non-hydrogen) atoms. The fourth-order valence-corrected chi connectivity index (χ4v) is 3.75. The zero-order valence-corrected chi connectivity index (χ0v) is 13.2. The molecule has 1 saturated heterocycles. The number of hydrogen-bond acceptors (Lipinski definition) is 3. The van der Waals surface area contributed by atoms with Gasteiger partial charge in [-0.2, -0.15) is 5.10 Å². The van der Waals surface area contributed by atoms with Gasteiger partial charge in [0.2, 0.25) is 11.8 Å². The van der Waals surface area contributed by atoms with E-state index in [1.54, 1.807) is 35.1 Å². The van der Waals surface area contributed by atoms with Gasteiger partial charge < -0.3 is 0 Å². The molecule has 1 aliphatic heterocycles. The number of aromatic nitrogens is 2. The molecule has 0 bridgehead atoms. The monoisotopic (exact) mass is 327 g/mol. The first-order chi connectivity index (χ1) is 11.6. The second kappa shape index (κ2) is 5.85.